The van der Waals surface area contributed by atoms with Crippen LogP contribution in [-0.4, -0.2) is 26.1 Å². The van der Waals surface area contributed by atoms with Crippen molar-refractivity contribution >= 4 is 11.6 Å². The van der Waals surface area contributed by atoms with Gasteiger partial charge in [-0.05, 0) is 37.6 Å². The van der Waals surface area contributed by atoms with Gasteiger partial charge in [0.25, 0.3) is 0 Å². The zero-order valence-corrected chi connectivity index (χ0v) is 9.96. The molecule has 2 N–H and O–H groups in total. The molecule has 0 aromatic heterocycles. The van der Waals surface area contributed by atoms with Crippen LogP contribution in [0.4, 0.5) is 5.69 Å². The Labute approximate surface area is 96.0 Å². The van der Waals surface area contributed by atoms with E-state index in [-0.39, 0.29) is 5.91 Å². The molecule has 0 aliphatic rings. The van der Waals surface area contributed by atoms with Crippen molar-refractivity contribution in [1.82, 2.24) is 5.32 Å². The predicted octanol–water partition coefficient (Wildman–Crippen LogP) is 1.55. The molecule has 0 saturated carbocycles. The Morgan fingerprint density at radius 1 is 1.44 bits per heavy atom. The Balaban J connectivity index is 2.57. The fraction of sp³-hybridized carbons (Fsp3) is 0.417. The molecule has 88 valence electrons. The number of amides is 1. The third-order valence-electron chi connectivity index (χ3n) is 2.25. The maximum atomic E-state index is 11.3. The van der Waals surface area contributed by atoms with Crippen molar-refractivity contribution in [2.45, 2.75) is 13.8 Å². The maximum absolute atomic E-state index is 11.3. The van der Waals surface area contributed by atoms with Crippen molar-refractivity contribution in [3.63, 3.8) is 0 Å². The summed E-state index contributed by atoms with van der Waals surface area (Å²) in [6.45, 7) is 4.82. The highest BCUT2D eigenvalue weighted by atomic mass is 16.5. The first-order valence-electron chi connectivity index (χ1n) is 5.32. The van der Waals surface area contributed by atoms with E-state index < -0.39 is 0 Å². The number of anilines is 1. The summed E-state index contributed by atoms with van der Waals surface area (Å²) in [5, 5.41) is 5.81. The number of nitrogens with one attached hydrogen (secondary N) is 2. The highest BCUT2D eigenvalue weighted by molar-refractivity contribution is 5.80. The van der Waals surface area contributed by atoms with Gasteiger partial charge in [0, 0.05) is 12.2 Å². The lowest BCUT2D eigenvalue weighted by Gasteiger charge is -2.10. The molecule has 0 bridgehead atoms. The second-order valence-corrected chi connectivity index (χ2v) is 3.49. The van der Waals surface area contributed by atoms with Crippen LogP contribution in [0.15, 0.2) is 18.2 Å². The molecule has 0 atom stereocenters. The minimum absolute atomic E-state index is 0.00211. The second kappa shape index (κ2) is 6.00. The Morgan fingerprint density at radius 3 is 2.75 bits per heavy atom. The van der Waals surface area contributed by atoms with Crippen LogP contribution in [-0.2, 0) is 4.79 Å². The molecule has 0 unspecified atom stereocenters. The molecular weight excluding hydrogens is 204 g/mol. The van der Waals surface area contributed by atoms with E-state index in [0.717, 1.165) is 17.0 Å². The van der Waals surface area contributed by atoms with Gasteiger partial charge in [0.05, 0.1) is 13.7 Å². The summed E-state index contributed by atoms with van der Waals surface area (Å²) >= 11 is 0. The van der Waals surface area contributed by atoms with E-state index in [1.165, 1.54) is 0 Å². The van der Waals surface area contributed by atoms with E-state index in [9.17, 15) is 4.79 Å². The van der Waals surface area contributed by atoms with E-state index in [1.807, 2.05) is 32.0 Å². The van der Waals surface area contributed by atoms with Crippen LogP contribution >= 0.6 is 0 Å². The van der Waals surface area contributed by atoms with Crippen LogP contribution in [0.2, 0.25) is 0 Å². The number of rotatable bonds is 5. The topological polar surface area (TPSA) is 50.4 Å². The van der Waals surface area contributed by atoms with Crippen molar-refractivity contribution in [1.29, 1.82) is 0 Å². The molecular formula is C12H18N2O2. The van der Waals surface area contributed by atoms with Crippen LogP contribution in [0, 0.1) is 6.92 Å². The first-order valence-corrected chi connectivity index (χ1v) is 5.32. The highest BCUT2D eigenvalue weighted by Gasteiger charge is 2.02. The number of hydrogen-bond donors (Lipinski definition) is 2. The van der Waals surface area contributed by atoms with Crippen molar-refractivity contribution < 1.29 is 9.53 Å². The molecule has 0 saturated heterocycles. The summed E-state index contributed by atoms with van der Waals surface area (Å²) in [6.07, 6.45) is 0. The van der Waals surface area contributed by atoms with Crippen LogP contribution in [0.3, 0.4) is 0 Å². The first kappa shape index (κ1) is 12.4. The Bertz CT molecular complexity index is 364. The molecule has 0 fully saturated rings. The first-order chi connectivity index (χ1) is 7.67. The van der Waals surface area contributed by atoms with E-state index in [2.05, 4.69) is 10.6 Å². The van der Waals surface area contributed by atoms with E-state index >= 15 is 0 Å². The minimum Gasteiger partial charge on any atom is -0.497 e. The normalized spacial score (nSPS) is 9.69. The van der Waals surface area contributed by atoms with Gasteiger partial charge in [-0.1, -0.05) is 0 Å². The SMILES string of the molecule is CCNC(=O)CNc1ccc(OC)cc1C. The summed E-state index contributed by atoms with van der Waals surface area (Å²) in [5.41, 5.74) is 2.01. The number of carbonyl (C=O) groups excluding carboxylic acids is 1. The van der Waals surface area contributed by atoms with Gasteiger partial charge < -0.3 is 15.4 Å². The van der Waals surface area contributed by atoms with Crippen LogP contribution < -0.4 is 15.4 Å². The molecule has 1 amide bonds. The fourth-order valence-electron chi connectivity index (χ4n) is 1.40. The lowest BCUT2D eigenvalue weighted by Crippen LogP contribution is -2.29. The summed E-state index contributed by atoms with van der Waals surface area (Å²) in [4.78, 5) is 11.3. The zero-order chi connectivity index (χ0) is 12.0. The molecule has 0 spiro atoms. The lowest BCUT2D eigenvalue weighted by molar-refractivity contribution is -0.119. The van der Waals surface area contributed by atoms with Crippen LogP contribution in [0.1, 0.15) is 12.5 Å². The number of benzene rings is 1. The maximum Gasteiger partial charge on any atom is 0.239 e. The highest BCUT2D eigenvalue weighted by Crippen LogP contribution is 2.20. The lowest BCUT2D eigenvalue weighted by atomic mass is 10.2. The van der Waals surface area contributed by atoms with Crippen molar-refractivity contribution in [3.05, 3.63) is 23.8 Å². The number of likely N-dealkylation sites (N-methyl/N-ethyl adjacent to an activating group) is 1. The number of aryl methyl sites for hydroxylation is 1. The Hall–Kier alpha value is -1.71. The standard InChI is InChI=1S/C12H18N2O2/c1-4-13-12(15)8-14-11-6-5-10(16-3)7-9(11)2/h5-7,14H,4,8H2,1-3H3,(H,13,15). The quantitative estimate of drug-likeness (QED) is 0.794. The van der Waals surface area contributed by atoms with Gasteiger partial charge in [0.2, 0.25) is 5.91 Å². The number of methoxy groups -OCH3 is 1. The van der Waals surface area contributed by atoms with Gasteiger partial charge in [-0.15, -0.1) is 0 Å². The molecule has 1 rings (SSSR count). The van der Waals surface area contributed by atoms with Gasteiger partial charge in [-0.3, -0.25) is 4.79 Å². The van der Waals surface area contributed by atoms with E-state index in [0.29, 0.717) is 13.1 Å². The third kappa shape index (κ3) is 3.46. The van der Waals surface area contributed by atoms with E-state index in [1.54, 1.807) is 7.11 Å². The van der Waals surface area contributed by atoms with Crippen LogP contribution in [0.5, 0.6) is 5.75 Å². The van der Waals surface area contributed by atoms with Gasteiger partial charge in [0.15, 0.2) is 0 Å². The fourth-order valence-corrected chi connectivity index (χ4v) is 1.40. The summed E-state index contributed by atoms with van der Waals surface area (Å²) < 4.78 is 5.11. The average molecular weight is 222 g/mol. The van der Waals surface area contributed by atoms with Crippen molar-refractivity contribution in [2.75, 3.05) is 25.5 Å². The smallest absolute Gasteiger partial charge is 0.239 e. The molecule has 4 heteroatoms. The largest absolute Gasteiger partial charge is 0.497 e. The Morgan fingerprint density at radius 2 is 2.19 bits per heavy atom. The van der Waals surface area contributed by atoms with Crippen LogP contribution in [0.25, 0.3) is 0 Å². The monoisotopic (exact) mass is 222 g/mol. The molecule has 1 aromatic carbocycles. The van der Waals surface area contributed by atoms with E-state index in [4.69, 9.17) is 4.74 Å². The van der Waals surface area contributed by atoms with Crippen molar-refractivity contribution in [3.8, 4) is 5.75 Å². The van der Waals surface area contributed by atoms with Gasteiger partial charge in [-0.2, -0.15) is 0 Å². The minimum atomic E-state index is -0.00211. The summed E-state index contributed by atoms with van der Waals surface area (Å²) in [7, 11) is 1.64. The summed E-state index contributed by atoms with van der Waals surface area (Å²) in [5.74, 6) is 0.818. The molecule has 16 heavy (non-hydrogen) atoms. The number of ether oxygens (including phenoxy) is 1. The molecule has 0 heterocycles. The Kier molecular flexibility index (Phi) is 4.64. The second-order valence-electron chi connectivity index (χ2n) is 3.49. The average Bonchev–Trinajstić information content (AvgIpc) is 2.27. The predicted molar refractivity (Wildman–Crippen MR) is 64.9 cm³/mol. The zero-order valence-electron chi connectivity index (χ0n) is 9.96. The molecule has 0 aliphatic carbocycles. The summed E-state index contributed by atoms with van der Waals surface area (Å²) in [6, 6.07) is 5.71. The molecule has 4 nitrogen and oxygen atoms in total. The van der Waals surface area contributed by atoms with Gasteiger partial charge in [-0.25, -0.2) is 0 Å². The number of carbonyl (C=O) groups is 1. The molecule has 0 aliphatic heterocycles. The number of hydrogen-bond acceptors (Lipinski definition) is 3. The van der Waals surface area contributed by atoms with Gasteiger partial charge >= 0.3 is 0 Å². The van der Waals surface area contributed by atoms with Gasteiger partial charge in [0.1, 0.15) is 5.75 Å². The molecule has 0 radical (unpaired) electrons. The van der Waals surface area contributed by atoms with Crippen molar-refractivity contribution in [2.24, 2.45) is 0 Å². The third-order valence-corrected chi connectivity index (χ3v) is 2.25. The molecule has 1 aromatic rings.